The van der Waals surface area contributed by atoms with Gasteiger partial charge in [0.15, 0.2) is 0 Å². The Morgan fingerprint density at radius 2 is 1.28 bits per heavy atom. The average molecular weight is 731 g/mol. The summed E-state index contributed by atoms with van der Waals surface area (Å²) >= 11 is 0. The van der Waals surface area contributed by atoms with Crippen LogP contribution in [0.15, 0.2) is 143 Å². The van der Waals surface area contributed by atoms with Gasteiger partial charge in [-0.05, 0) is 29.3 Å². The van der Waals surface area contributed by atoms with Crippen molar-refractivity contribution in [3.8, 4) is 22.5 Å². The molecule has 5 heteroatoms. The van der Waals surface area contributed by atoms with Gasteiger partial charge in [0.25, 0.3) is 0 Å². The number of furan rings is 2. The summed E-state index contributed by atoms with van der Waals surface area (Å²) in [4.78, 5) is 8.89. The molecule has 9 aromatic rings. The second-order valence-corrected chi connectivity index (χ2v) is 9.99. The molecule has 0 atom stereocenters. The molecule has 0 spiro atoms. The van der Waals surface area contributed by atoms with Crippen LogP contribution in [0.1, 0.15) is 0 Å². The number of hydrogen-bond donors (Lipinski definition) is 0. The molecule has 0 aliphatic carbocycles. The van der Waals surface area contributed by atoms with Crippen molar-refractivity contribution in [1.82, 2.24) is 9.97 Å². The first-order valence-corrected chi connectivity index (χ1v) is 13.7. The van der Waals surface area contributed by atoms with E-state index in [4.69, 9.17) is 8.83 Å². The fraction of sp³-hybridized carbons (Fsp3) is 0. The van der Waals surface area contributed by atoms with Crippen molar-refractivity contribution < 1.29 is 28.9 Å². The van der Waals surface area contributed by atoms with E-state index in [1.165, 1.54) is 0 Å². The zero-order chi connectivity index (χ0) is 27.9. The summed E-state index contributed by atoms with van der Waals surface area (Å²) in [6.07, 6.45) is 3.61. The van der Waals surface area contributed by atoms with Crippen LogP contribution in [0.25, 0.3) is 77.2 Å². The van der Waals surface area contributed by atoms with Gasteiger partial charge in [-0.15, -0.1) is 54.1 Å². The van der Waals surface area contributed by atoms with Crippen molar-refractivity contribution in [3.63, 3.8) is 0 Å². The summed E-state index contributed by atoms with van der Waals surface area (Å²) in [7, 11) is 0. The molecular formula is C38H22IrN2O2-2. The molecule has 0 saturated heterocycles. The van der Waals surface area contributed by atoms with Crippen molar-refractivity contribution >= 4 is 54.6 Å². The Labute approximate surface area is 261 Å². The van der Waals surface area contributed by atoms with Crippen molar-refractivity contribution in [2.45, 2.75) is 0 Å². The fourth-order valence-corrected chi connectivity index (χ4v) is 5.55. The van der Waals surface area contributed by atoms with Crippen LogP contribution >= 0.6 is 0 Å². The van der Waals surface area contributed by atoms with E-state index in [1.807, 2.05) is 91.1 Å². The third-order valence-corrected chi connectivity index (χ3v) is 7.50. The molecule has 5 aromatic carbocycles. The number of fused-ring (bicyclic) bond motifs is 8. The van der Waals surface area contributed by atoms with Gasteiger partial charge in [0, 0.05) is 59.7 Å². The monoisotopic (exact) mass is 731 g/mol. The van der Waals surface area contributed by atoms with Crippen LogP contribution < -0.4 is 0 Å². The first kappa shape index (κ1) is 26.8. The third kappa shape index (κ3) is 4.69. The molecule has 4 heterocycles. The smallest absolute Gasteiger partial charge is 0.134 e. The summed E-state index contributed by atoms with van der Waals surface area (Å²) in [6.45, 7) is 0. The molecule has 0 bridgehead atoms. The van der Waals surface area contributed by atoms with Crippen molar-refractivity contribution in [2.24, 2.45) is 0 Å². The number of pyridine rings is 2. The summed E-state index contributed by atoms with van der Waals surface area (Å²) in [5.41, 5.74) is 6.86. The van der Waals surface area contributed by atoms with E-state index >= 15 is 0 Å². The maximum Gasteiger partial charge on any atom is 0.134 e. The van der Waals surface area contributed by atoms with E-state index in [0.717, 1.165) is 77.2 Å². The van der Waals surface area contributed by atoms with E-state index in [9.17, 15) is 0 Å². The zero-order valence-electron chi connectivity index (χ0n) is 22.7. The van der Waals surface area contributed by atoms with Crippen molar-refractivity contribution in [3.05, 3.63) is 146 Å². The van der Waals surface area contributed by atoms with Crippen molar-refractivity contribution in [1.29, 1.82) is 0 Å². The minimum Gasteiger partial charge on any atom is -0.500 e. The number of rotatable bonds is 2. The third-order valence-electron chi connectivity index (χ3n) is 7.50. The Kier molecular flexibility index (Phi) is 7.04. The Balaban J connectivity index is 0.000000195. The van der Waals surface area contributed by atoms with E-state index in [1.54, 1.807) is 6.20 Å². The molecule has 43 heavy (non-hydrogen) atoms. The van der Waals surface area contributed by atoms with Crippen LogP contribution in [0, 0.1) is 12.1 Å². The number of para-hydroxylation sites is 1. The maximum atomic E-state index is 6.46. The van der Waals surface area contributed by atoms with E-state index in [-0.39, 0.29) is 20.1 Å². The SMILES string of the molecule is [Ir].[c-]1ccc2c(oc3c4ccccc4ccc23)c1-c1nccc2c1oc1ccccc12.[c-]1ccccc1-c1ccccn1. The first-order valence-electron chi connectivity index (χ1n) is 13.7. The molecule has 0 N–H and O–H groups in total. The summed E-state index contributed by atoms with van der Waals surface area (Å²) in [5, 5.41) is 6.54. The predicted molar refractivity (Wildman–Crippen MR) is 169 cm³/mol. The minimum absolute atomic E-state index is 0. The molecule has 1 radical (unpaired) electrons. The van der Waals surface area contributed by atoms with Gasteiger partial charge in [-0.1, -0.05) is 77.7 Å². The first-order chi connectivity index (χ1) is 20.8. The molecule has 0 fully saturated rings. The second kappa shape index (κ2) is 11.3. The van der Waals surface area contributed by atoms with Crippen LogP contribution in [0.4, 0.5) is 0 Å². The molecule has 207 valence electrons. The zero-order valence-corrected chi connectivity index (χ0v) is 25.1. The molecule has 9 rings (SSSR count). The van der Waals surface area contributed by atoms with Gasteiger partial charge in [0.1, 0.15) is 16.7 Å². The van der Waals surface area contributed by atoms with E-state index in [2.05, 4.69) is 58.5 Å². The molecule has 0 unspecified atom stereocenters. The van der Waals surface area contributed by atoms with Crippen LogP contribution in [0.2, 0.25) is 0 Å². The number of benzene rings is 5. The molecule has 0 aliphatic rings. The summed E-state index contributed by atoms with van der Waals surface area (Å²) in [5.74, 6) is 0. The Morgan fingerprint density at radius 3 is 2.14 bits per heavy atom. The van der Waals surface area contributed by atoms with Gasteiger partial charge in [-0.25, -0.2) is 0 Å². The van der Waals surface area contributed by atoms with Gasteiger partial charge in [-0.3, -0.25) is 0 Å². The van der Waals surface area contributed by atoms with Gasteiger partial charge < -0.3 is 18.8 Å². The largest absolute Gasteiger partial charge is 0.500 e. The molecule has 0 aliphatic heterocycles. The Bertz CT molecular complexity index is 2320. The van der Waals surface area contributed by atoms with E-state index < -0.39 is 0 Å². The van der Waals surface area contributed by atoms with Gasteiger partial charge in [0.2, 0.25) is 0 Å². The van der Waals surface area contributed by atoms with Crippen molar-refractivity contribution in [2.75, 3.05) is 0 Å². The summed E-state index contributed by atoms with van der Waals surface area (Å²) < 4.78 is 12.7. The van der Waals surface area contributed by atoms with Crippen LogP contribution in [0.5, 0.6) is 0 Å². The summed E-state index contributed by atoms with van der Waals surface area (Å²) in [6, 6.07) is 46.8. The van der Waals surface area contributed by atoms with Crippen LogP contribution in [-0.2, 0) is 20.1 Å². The molecular weight excluding hydrogens is 709 g/mol. The second-order valence-electron chi connectivity index (χ2n) is 9.99. The average Bonchev–Trinajstić information content (AvgIpc) is 3.65. The quantitative estimate of drug-likeness (QED) is 0.166. The normalized spacial score (nSPS) is 11.1. The number of hydrogen-bond acceptors (Lipinski definition) is 4. The van der Waals surface area contributed by atoms with Crippen LogP contribution in [-0.4, -0.2) is 9.97 Å². The minimum atomic E-state index is 0. The molecule has 0 amide bonds. The number of nitrogens with zero attached hydrogens (tertiary/aromatic N) is 2. The number of aromatic nitrogens is 2. The predicted octanol–water partition coefficient (Wildman–Crippen LogP) is 10.0. The Hall–Kier alpha value is -5.09. The van der Waals surface area contributed by atoms with E-state index in [0.29, 0.717) is 0 Å². The van der Waals surface area contributed by atoms with Crippen LogP contribution in [0.3, 0.4) is 0 Å². The van der Waals surface area contributed by atoms with Gasteiger partial charge in [-0.2, -0.15) is 0 Å². The van der Waals surface area contributed by atoms with Gasteiger partial charge in [0.05, 0.1) is 5.58 Å². The molecule has 0 saturated carbocycles. The maximum absolute atomic E-state index is 6.46. The topological polar surface area (TPSA) is 52.1 Å². The molecule has 4 aromatic heterocycles. The Morgan fingerprint density at radius 1 is 0.488 bits per heavy atom. The molecule has 4 nitrogen and oxygen atoms in total. The van der Waals surface area contributed by atoms with Gasteiger partial charge >= 0.3 is 0 Å². The fourth-order valence-electron chi connectivity index (χ4n) is 5.55. The standard InChI is InChI=1S/C27H14NO2.C11H8N.Ir/c1-2-7-17-16(6-1)12-13-20-19-9-5-10-22(26(19)30-25(17)20)24-27-21(14-15-28-24)18-8-3-4-11-23(18)29-27;1-2-6-10(7-3-1)11-8-4-5-9-12-11;/h1-9,11-15H;1-6,8-9H;/q2*-1;.